The van der Waals surface area contributed by atoms with Gasteiger partial charge in [-0.1, -0.05) is 89.9 Å². The Morgan fingerprint density at radius 1 is 0.628 bits per heavy atom. The summed E-state index contributed by atoms with van der Waals surface area (Å²) in [5.74, 6) is 1.69. The Morgan fingerprint density at radius 3 is 1.56 bits per heavy atom. The summed E-state index contributed by atoms with van der Waals surface area (Å²) in [7, 11) is 0.892. The molecule has 0 saturated heterocycles. The first-order valence-corrected chi connectivity index (χ1v) is 17.7. The molecule has 0 saturated carbocycles. The first-order chi connectivity index (χ1) is 21.0. The van der Waals surface area contributed by atoms with Crippen molar-refractivity contribution in [1.29, 1.82) is 0 Å². The van der Waals surface area contributed by atoms with Gasteiger partial charge in [0, 0.05) is 24.3 Å². The van der Waals surface area contributed by atoms with E-state index in [4.69, 9.17) is 19.3 Å². The standard InChI is InChI=1S/C35H53NO6S/c1-40-30-21-23-31(24-22-30)43(38,39)36-28-29(32-26-34(41-2)35(42-3)27-33(32)36)20-18-16-14-12-10-8-6-4-5-7-9-11-13-15-17-19-25-37/h21-24,26-28,37H,4-20,25H2,1-3H3. The van der Waals surface area contributed by atoms with Crippen LogP contribution >= 0.6 is 0 Å². The zero-order chi connectivity index (χ0) is 30.9. The Bertz CT molecular complexity index is 1320. The molecule has 0 spiro atoms. The smallest absolute Gasteiger partial charge is 0.268 e. The van der Waals surface area contributed by atoms with Crippen molar-refractivity contribution >= 4 is 20.9 Å². The SMILES string of the molecule is COc1ccc(S(=O)(=O)n2cc(CCCCCCCCCCCCCCCCCCO)c3cc(OC)c(OC)cc32)cc1. The molecule has 0 aliphatic carbocycles. The van der Waals surface area contributed by atoms with Crippen LogP contribution in [-0.2, 0) is 16.4 Å². The van der Waals surface area contributed by atoms with E-state index in [2.05, 4.69) is 0 Å². The summed E-state index contributed by atoms with van der Waals surface area (Å²) >= 11 is 0. The second-order valence-corrected chi connectivity index (χ2v) is 13.3. The predicted molar refractivity (Wildman–Crippen MR) is 175 cm³/mol. The fraction of sp³-hybridized carbons (Fsp3) is 0.600. The number of aromatic nitrogens is 1. The summed E-state index contributed by atoms with van der Waals surface area (Å²) < 4.78 is 45.0. The molecule has 0 radical (unpaired) electrons. The minimum atomic E-state index is -3.82. The van der Waals surface area contributed by atoms with Crippen molar-refractivity contribution in [2.75, 3.05) is 27.9 Å². The van der Waals surface area contributed by atoms with E-state index in [9.17, 15) is 8.42 Å². The summed E-state index contributed by atoms with van der Waals surface area (Å²) in [4.78, 5) is 0.205. The number of ether oxygens (including phenoxy) is 3. The van der Waals surface area contributed by atoms with Crippen molar-refractivity contribution in [2.24, 2.45) is 0 Å². The van der Waals surface area contributed by atoms with Crippen molar-refractivity contribution in [3.05, 3.63) is 48.2 Å². The topological polar surface area (TPSA) is 87.0 Å². The van der Waals surface area contributed by atoms with Gasteiger partial charge in [-0.15, -0.1) is 0 Å². The van der Waals surface area contributed by atoms with E-state index in [1.165, 1.54) is 87.4 Å². The highest BCUT2D eigenvalue weighted by Gasteiger charge is 2.23. The molecule has 8 heteroatoms. The highest BCUT2D eigenvalue weighted by molar-refractivity contribution is 7.90. The van der Waals surface area contributed by atoms with Gasteiger partial charge in [-0.3, -0.25) is 0 Å². The van der Waals surface area contributed by atoms with E-state index in [1.54, 1.807) is 57.9 Å². The maximum atomic E-state index is 13.7. The number of hydrogen-bond donors (Lipinski definition) is 1. The number of unbranched alkanes of at least 4 members (excludes halogenated alkanes) is 15. The number of fused-ring (bicyclic) bond motifs is 1. The van der Waals surface area contributed by atoms with Crippen LogP contribution in [0.25, 0.3) is 10.9 Å². The average Bonchev–Trinajstić information content (AvgIpc) is 3.39. The Hall–Kier alpha value is -2.71. The second-order valence-electron chi connectivity index (χ2n) is 11.5. The lowest BCUT2D eigenvalue weighted by molar-refractivity contribution is 0.282. The number of benzene rings is 2. The predicted octanol–water partition coefficient (Wildman–Crippen LogP) is 8.68. The molecule has 0 atom stereocenters. The maximum Gasteiger partial charge on any atom is 0.268 e. The minimum Gasteiger partial charge on any atom is -0.497 e. The van der Waals surface area contributed by atoms with Gasteiger partial charge in [0.05, 0.1) is 31.7 Å². The molecule has 0 aliphatic rings. The third-order valence-corrected chi connectivity index (χ3v) is 10.0. The molecule has 240 valence electrons. The molecule has 1 N–H and O–H groups in total. The molecule has 3 aromatic rings. The number of aliphatic hydroxyl groups excluding tert-OH is 1. The second kappa shape index (κ2) is 18.8. The van der Waals surface area contributed by atoms with Gasteiger partial charge in [0.1, 0.15) is 5.75 Å². The molecule has 0 fully saturated rings. The highest BCUT2D eigenvalue weighted by atomic mass is 32.2. The van der Waals surface area contributed by atoms with Gasteiger partial charge in [-0.05, 0) is 55.2 Å². The molecule has 3 rings (SSSR count). The van der Waals surface area contributed by atoms with E-state index >= 15 is 0 Å². The Morgan fingerprint density at radius 2 is 1.09 bits per heavy atom. The van der Waals surface area contributed by atoms with Crippen LogP contribution in [0.15, 0.2) is 47.5 Å². The monoisotopic (exact) mass is 615 g/mol. The first kappa shape index (κ1) is 34.8. The Kier molecular flexibility index (Phi) is 15.2. The number of rotatable bonds is 23. The van der Waals surface area contributed by atoms with Gasteiger partial charge < -0.3 is 19.3 Å². The number of aliphatic hydroxyl groups is 1. The van der Waals surface area contributed by atoms with E-state index in [0.29, 0.717) is 29.4 Å². The van der Waals surface area contributed by atoms with Crippen LogP contribution in [-0.4, -0.2) is 45.4 Å². The van der Waals surface area contributed by atoms with E-state index in [1.807, 2.05) is 6.07 Å². The fourth-order valence-electron chi connectivity index (χ4n) is 5.75. The summed E-state index contributed by atoms with van der Waals surface area (Å²) in [6.07, 6.45) is 22.6. The lowest BCUT2D eigenvalue weighted by atomic mass is 10.0. The number of aryl methyl sites for hydroxylation is 1. The lowest BCUT2D eigenvalue weighted by Crippen LogP contribution is -2.12. The van der Waals surface area contributed by atoms with Crippen molar-refractivity contribution in [3.63, 3.8) is 0 Å². The van der Waals surface area contributed by atoms with Gasteiger partial charge >= 0.3 is 0 Å². The number of methoxy groups -OCH3 is 3. The van der Waals surface area contributed by atoms with Crippen molar-refractivity contribution in [3.8, 4) is 17.2 Å². The zero-order valence-electron chi connectivity index (χ0n) is 26.6. The zero-order valence-corrected chi connectivity index (χ0v) is 27.4. The van der Waals surface area contributed by atoms with Crippen LogP contribution < -0.4 is 14.2 Å². The Labute approximate surface area is 259 Å². The molecule has 0 bridgehead atoms. The molecule has 2 aromatic carbocycles. The summed E-state index contributed by atoms with van der Waals surface area (Å²) in [6, 6.07) is 10.1. The largest absolute Gasteiger partial charge is 0.497 e. The molecule has 0 amide bonds. The lowest BCUT2D eigenvalue weighted by Gasteiger charge is -2.11. The third kappa shape index (κ3) is 10.5. The van der Waals surface area contributed by atoms with Gasteiger partial charge in [-0.2, -0.15) is 0 Å². The molecule has 43 heavy (non-hydrogen) atoms. The van der Waals surface area contributed by atoms with Crippen LogP contribution in [0.2, 0.25) is 0 Å². The molecular formula is C35H53NO6S. The molecule has 0 aliphatic heterocycles. The molecule has 1 aromatic heterocycles. The van der Waals surface area contributed by atoms with Crippen LogP contribution in [0.5, 0.6) is 17.2 Å². The van der Waals surface area contributed by atoms with E-state index in [-0.39, 0.29) is 4.90 Å². The summed E-state index contributed by atoms with van der Waals surface area (Å²) in [5.41, 5.74) is 1.58. The van der Waals surface area contributed by atoms with Crippen LogP contribution in [0, 0.1) is 0 Å². The normalized spacial score (nSPS) is 11.7. The maximum absolute atomic E-state index is 13.7. The Balaban J connectivity index is 1.47. The molecule has 1 heterocycles. The quantitative estimate of drug-likeness (QED) is 0.107. The summed E-state index contributed by atoms with van der Waals surface area (Å²) in [5, 5.41) is 9.69. The fourth-order valence-corrected chi connectivity index (χ4v) is 7.13. The third-order valence-electron chi connectivity index (χ3n) is 8.33. The number of nitrogens with zero attached hydrogens (tertiary/aromatic N) is 1. The van der Waals surface area contributed by atoms with Gasteiger partial charge in [-0.25, -0.2) is 12.4 Å². The van der Waals surface area contributed by atoms with E-state index in [0.717, 1.165) is 36.6 Å². The van der Waals surface area contributed by atoms with Crippen LogP contribution in [0.3, 0.4) is 0 Å². The highest BCUT2D eigenvalue weighted by Crippen LogP contribution is 2.37. The first-order valence-electron chi connectivity index (χ1n) is 16.2. The van der Waals surface area contributed by atoms with Gasteiger partial charge in [0.25, 0.3) is 10.0 Å². The van der Waals surface area contributed by atoms with Gasteiger partial charge in [0.2, 0.25) is 0 Å². The van der Waals surface area contributed by atoms with Crippen LogP contribution in [0.1, 0.15) is 108 Å². The minimum absolute atomic E-state index is 0.205. The molecule has 0 unspecified atom stereocenters. The van der Waals surface area contributed by atoms with Crippen molar-refractivity contribution in [2.45, 2.75) is 114 Å². The van der Waals surface area contributed by atoms with Crippen LogP contribution in [0.4, 0.5) is 0 Å². The number of hydrogen-bond acceptors (Lipinski definition) is 6. The molecular weight excluding hydrogens is 562 g/mol. The molecule has 7 nitrogen and oxygen atoms in total. The van der Waals surface area contributed by atoms with Crippen molar-refractivity contribution in [1.82, 2.24) is 3.97 Å². The van der Waals surface area contributed by atoms with Crippen molar-refractivity contribution < 1.29 is 27.7 Å². The van der Waals surface area contributed by atoms with Gasteiger partial charge in [0.15, 0.2) is 11.5 Å². The average molecular weight is 616 g/mol. The summed E-state index contributed by atoms with van der Waals surface area (Å²) in [6.45, 7) is 0.333. The van der Waals surface area contributed by atoms with E-state index < -0.39 is 10.0 Å².